The van der Waals surface area contributed by atoms with Crippen LogP contribution in [0.25, 0.3) is 0 Å². The third kappa shape index (κ3) is 3.89. The average molecular weight is 286 g/mol. The Hall–Kier alpha value is -2.20. The van der Waals surface area contributed by atoms with Crippen LogP contribution in [0.2, 0.25) is 0 Å². The molecule has 0 fully saturated rings. The van der Waals surface area contributed by atoms with Gasteiger partial charge in [-0.2, -0.15) is 0 Å². The zero-order chi connectivity index (χ0) is 16.9. The summed E-state index contributed by atoms with van der Waals surface area (Å²) in [7, 11) is 0. The molecule has 0 aliphatic carbocycles. The highest BCUT2D eigenvalue weighted by atomic mass is 16.3. The van der Waals surface area contributed by atoms with Gasteiger partial charge in [-0.15, -0.1) is 0 Å². The van der Waals surface area contributed by atoms with E-state index >= 15 is 0 Å². The number of rotatable bonds is 6. The van der Waals surface area contributed by atoms with E-state index in [0.29, 0.717) is 11.1 Å². The van der Waals surface area contributed by atoms with E-state index in [2.05, 4.69) is 4.98 Å². The van der Waals surface area contributed by atoms with E-state index < -0.39 is 18.3 Å². The predicted octanol–water partition coefficient (Wildman–Crippen LogP) is 2.21. The van der Waals surface area contributed by atoms with Crippen LogP contribution in [0.1, 0.15) is 26.7 Å². The Kier molecular flexibility index (Phi) is 4.50. The summed E-state index contributed by atoms with van der Waals surface area (Å²) >= 11 is 0. The molecule has 2 rings (SSSR count). The Morgan fingerprint density at radius 1 is 1.29 bits per heavy atom. The number of nitrogens with zero attached hydrogens (tertiary/aromatic N) is 2. The molecule has 1 unspecified atom stereocenters. The van der Waals surface area contributed by atoms with Crippen molar-refractivity contribution in [2.24, 2.45) is 0 Å². The molecule has 21 heavy (non-hydrogen) atoms. The van der Waals surface area contributed by atoms with Gasteiger partial charge in [0.05, 0.1) is 15.3 Å². The molecule has 1 amide bonds. The number of pyridine rings is 1. The second-order valence-electron chi connectivity index (χ2n) is 4.58. The maximum absolute atomic E-state index is 12.8. The molecule has 1 aromatic heterocycles. The fourth-order valence-electron chi connectivity index (χ4n) is 2.07. The van der Waals surface area contributed by atoms with E-state index in [1.807, 2.05) is 6.07 Å². The molecule has 0 aliphatic heterocycles. The quantitative estimate of drug-likeness (QED) is 0.885. The molecule has 1 aromatic carbocycles. The fraction of sp³-hybridized carbons (Fsp3) is 0.294. The Bertz CT molecular complexity index is 636. The first-order valence-corrected chi connectivity index (χ1v) is 6.90. The highest BCUT2D eigenvalue weighted by molar-refractivity contribution is 5.83. The Morgan fingerprint density at radius 2 is 1.95 bits per heavy atom. The molecule has 0 aliphatic rings. The maximum Gasteiger partial charge on any atom is 0.232 e. The Morgan fingerprint density at radius 3 is 2.52 bits per heavy atom. The van der Waals surface area contributed by atoms with Crippen LogP contribution in [0.4, 0.5) is 0 Å². The number of aliphatic hydroxyl groups is 1. The van der Waals surface area contributed by atoms with Crippen molar-refractivity contribution in [1.82, 2.24) is 9.88 Å². The summed E-state index contributed by atoms with van der Waals surface area (Å²) in [6.45, 7) is -0.434. The van der Waals surface area contributed by atoms with Crippen LogP contribution >= 0.6 is 0 Å². The van der Waals surface area contributed by atoms with Crippen molar-refractivity contribution < 1.29 is 12.6 Å². The number of amides is 1. The molecule has 110 valence electrons. The lowest BCUT2D eigenvalue weighted by Crippen LogP contribution is -2.36. The summed E-state index contributed by atoms with van der Waals surface area (Å²) in [6, 6.07) is 12.0. The minimum absolute atomic E-state index is 0.192. The summed E-state index contributed by atoms with van der Waals surface area (Å²) < 4.78 is 16.7. The molecule has 0 radical (unpaired) electrons. The second-order valence-corrected chi connectivity index (χ2v) is 4.58. The normalized spacial score (nSPS) is 14.0. The van der Waals surface area contributed by atoms with Gasteiger partial charge < -0.3 is 10.0 Å². The second kappa shape index (κ2) is 7.55. The number of aliphatic hydroxyl groups excluding tert-OH is 1. The van der Waals surface area contributed by atoms with Gasteiger partial charge in [-0.25, -0.2) is 0 Å². The first-order chi connectivity index (χ1) is 11.0. The van der Waals surface area contributed by atoms with Gasteiger partial charge in [0, 0.05) is 25.4 Å². The van der Waals surface area contributed by atoms with Crippen molar-refractivity contribution in [3.63, 3.8) is 0 Å². The van der Waals surface area contributed by atoms with Crippen LogP contribution in [0.3, 0.4) is 0 Å². The molecule has 4 nitrogen and oxygen atoms in total. The summed E-state index contributed by atoms with van der Waals surface area (Å²) in [4.78, 5) is 17.9. The van der Waals surface area contributed by atoms with Crippen LogP contribution < -0.4 is 0 Å². The lowest BCUT2D eigenvalue weighted by atomic mass is 9.98. The summed E-state index contributed by atoms with van der Waals surface area (Å²) in [6.07, 6.45) is 2.98. The van der Waals surface area contributed by atoms with Crippen molar-refractivity contribution >= 4 is 5.91 Å². The summed E-state index contributed by atoms with van der Waals surface area (Å²) in [5.74, 6) is -1.23. The minimum atomic E-state index is -1.98. The molecule has 4 heteroatoms. The largest absolute Gasteiger partial charge is 0.395 e. The van der Waals surface area contributed by atoms with Crippen LogP contribution in [0, 0.1) is 0 Å². The number of benzene rings is 1. The van der Waals surface area contributed by atoms with Crippen molar-refractivity contribution in [3.05, 3.63) is 66.0 Å². The number of carbonyl (C=O) groups excluding carboxylic acids is 1. The van der Waals surface area contributed by atoms with E-state index in [0.717, 1.165) is 4.90 Å². The van der Waals surface area contributed by atoms with E-state index in [-0.39, 0.29) is 13.2 Å². The number of hydrogen-bond donors (Lipinski definition) is 1. The third-order valence-corrected chi connectivity index (χ3v) is 3.21. The number of aromatic nitrogens is 1. The lowest BCUT2D eigenvalue weighted by Gasteiger charge is -2.25. The zero-order valence-electron chi connectivity index (χ0n) is 13.9. The van der Waals surface area contributed by atoms with Gasteiger partial charge in [0.15, 0.2) is 0 Å². The Labute approximate surface area is 127 Å². The molecule has 2 aromatic rings. The first kappa shape index (κ1) is 12.5. The van der Waals surface area contributed by atoms with E-state index in [1.54, 1.807) is 43.3 Å². The predicted molar refractivity (Wildman–Crippen MR) is 81.6 cm³/mol. The van der Waals surface area contributed by atoms with E-state index in [1.165, 1.54) is 12.4 Å². The molecule has 1 heterocycles. The third-order valence-electron chi connectivity index (χ3n) is 3.21. The van der Waals surface area contributed by atoms with Gasteiger partial charge >= 0.3 is 0 Å². The maximum atomic E-state index is 12.8. The molecule has 0 bridgehead atoms. The van der Waals surface area contributed by atoms with Crippen molar-refractivity contribution in [2.45, 2.75) is 19.3 Å². The van der Waals surface area contributed by atoms with Gasteiger partial charge in [-0.05, 0) is 30.2 Å². The van der Waals surface area contributed by atoms with Crippen molar-refractivity contribution in [3.8, 4) is 0 Å². The molecular weight excluding hydrogens is 264 g/mol. The van der Waals surface area contributed by atoms with Crippen molar-refractivity contribution in [1.29, 1.82) is 0 Å². The standard InChI is InChI=1S/C17H20N2O2/c1-2-19(12-14-8-10-18-11-9-14)17(21)16(13-20)15-6-4-3-5-7-15/h3-11,16,20H,2,12-13H2,1H3/i12D2. The smallest absolute Gasteiger partial charge is 0.232 e. The highest BCUT2D eigenvalue weighted by Crippen LogP contribution is 2.19. The van der Waals surface area contributed by atoms with Gasteiger partial charge in [0.25, 0.3) is 0 Å². The highest BCUT2D eigenvalue weighted by Gasteiger charge is 2.24. The number of carbonyl (C=O) groups is 1. The number of likely N-dealkylation sites (N-methyl/N-ethyl adjacent to an activating group) is 1. The molecule has 0 saturated carbocycles. The molecule has 0 saturated heterocycles. The van der Waals surface area contributed by atoms with Gasteiger partial charge in [-0.1, -0.05) is 30.3 Å². The Balaban J connectivity index is 2.34. The minimum Gasteiger partial charge on any atom is -0.395 e. The van der Waals surface area contributed by atoms with E-state index in [9.17, 15) is 9.90 Å². The lowest BCUT2D eigenvalue weighted by molar-refractivity contribution is -0.134. The zero-order valence-corrected chi connectivity index (χ0v) is 11.9. The molecule has 0 spiro atoms. The van der Waals surface area contributed by atoms with Crippen LogP contribution in [-0.4, -0.2) is 34.0 Å². The summed E-state index contributed by atoms with van der Waals surface area (Å²) in [5, 5.41) is 9.65. The SMILES string of the molecule is [2H]C([2H])(c1ccncc1)N(CC)C(=O)C(CO)c1ccccc1. The molecule has 1 N–H and O–H groups in total. The molecular formula is C17H20N2O2. The summed E-state index contributed by atoms with van der Waals surface area (Å²) in [5.41, 5.74) is 1.02. The molecule has 1 atom stereocenters. The van der Waals surface area contributed by atoms with Crippen LogP contribution in [0.5, 0.6) is 0 Å². The van der Waals surface area contributed by atoms with Gasteiger partial charge in [-0.3, -0.25) is 9.78 Å². The van der Waals surface area contributed by atoms with Gasteiger partial charge in [0.2, 0.25) is 5.91 Å². The monoisotopic (exact) mass is 286 g/mol. The van der Waals surface area contributed by atoms with Crippen molar-refractivity contribution in [2.75, 3.05) is 13.2 Å². The average Bonchev–Trinajstić information content (AvgIpc) is 2.58. The van der Waals surface area contributed by atoms with Crippen LogP contribution in [0.15, 0.2) is 54.9 Å². The van der Waals surface area contributed by atoms with Gasteiger partial charge in [0.1, 0.15) is 0 Å². The fourth-order valence-corrected chi connectivity index (χ4v) is 2.07. The number of hydrogen-bond acceptors (Lipinski definition) is 3. The van der Waals surface area contributed by atoms with Crippen LogP contribution in [-0.2, 0) is 11.3 Å². The van der Waals surface area contributed by atoms with E-state index in [4.69, 9.17) is 2.74 Å². The first-order valence-electron chi connectivity index (χ1n) is 7.90. The topological polar surface area (TPSA) is 53.4 Å².